The molecule has 10 heteroatoms. The van der Waals surface area contributed by atoms with Crippen molar-refractivity contribution in [1.82, 2.24) is 19.7 Å². The number of H-pyrrole nitrogens is 1. The van der Waals surface area contributed by atoms with Crippen molar-refractivity contribution < 1.29 is 19.1 Å². The summed E-state index contributed by atoms with van der Waals surface area (Å²) >= 11 is 5.91. The highest BCUT2D eigenvalue weighted by Gasteiger charge is 2.19. The van der Waals surface area contributed by atoms with Crippen molar-refractivity contribution in [2.24, 2.45) is 0 Å². The van der Waals surface area contributed by atoms with Gasteiger partial charge in [-0.3, -0.25) is 4.84 Å². The molecular weight excluding hydrogens is 434 g/mol. The molecule has 32 heavy (non-hydrogen) atoms. The van der Waals surface area contributed by atoms with Gasteiger partial charge in [-0.15, -0.1) is 5.10 Å². The van der Waals surface area contributed by atoms with E-state index < -0.39 is 6.09 Å². The number of halogens is 1. The smallest absolute Gasteiger partial charge is 0.438 e. The van der Waals surface area contributed by atoms with Crippen molar-refractivity contribution >= 4 is 23.4 Å². The second-order valence-electron chi connectivity index (χ2n) is 6.20. The Morgan fingerprint density at radius 2 is 1.91 bits per heavy atom. The largest absolute Gasteiger partial charge is 0.472 e. The molecule has 0 unspecified atom stereocenters. The molecule has 166 valence electrons. The van der Waals surface area contributed by atoms with Gasteiger partial charge < -0.3 is 14.5 Å². The molecule has 2 aromatic carbocycles. The van der Waals surface area contributed by atoms with Gasteiger partial charge in [-0.1, -0.05) is 29.8 Å². The number of hydrogen-bond acceptors (Lipinski definition) is 6. The minimum atomic E-state index is -0.628. The Balaban J connectivity index is 0.000000509. The van der Waals surface area contributed by atoms with Gasteiger partial charge in [0.1, 0.15) is 6.61 Å². The zero-order valence-corrected chi connectivity index (χ0v) is 18.3. The normalized spacial score (nSPS) is 10.1. The van der Waals surface area contributed by atoms with Gasteiger partial charge >= 0.3 is 6.09 Å². The first-order valence-electron chi connectivity index (χ1n) is 9.49. The van der Waals surface area contributed by atoms with Crippen LogP contribution < -0.4 is 9.80 Å². The first-order chi connectivity index (χ1) is 15.6. The lowest BCUT2D eigenvalue weighted by molar-refractivity contribution is 0.115. The van der Waals surface area contributed by atoms with Crippen LogP contribution in [0.3, 0.4) is 0 Å². The third-order valence-electron chi connectivity index (χ3n) is 4.17. The zero-order chi connectivity index (χ0) is 22.8. The predicted molar refractivity (Wildman–Crippen MR) is 120 cm³/mol. The summed E-state index contributed by atoms with van der Waals surface area (Å²) in [6.45, 7) is 0.199. The number of aromatic amines is 1. The van der Waals surface area contributed by atoms with E-state index >= 15 is 0 Å². The van der Waals surface area contributed by atoms with Crippen LogP contribution in [0.25, 0.3) is 5.69 Å². The number of rotatable bonds is 6. The average molecular weight is 456 g/mol. The summed E-state index contributed by atoms with van der Waals surface area (Å²) in [5.74, 6) is 0.446. The Hall–Kier alpha value is -3.82. The topological polar surface area (TPSA) is 94.5 Å². The maximum absolute atomic E-state index is 11.9. The number of nitrogens with zero attached hydrogens (tertiary/aromatic N) is 4. The zero-order valence-electron chi connectivity index (χ0n) is 17.5. The predicted octanol–water partition coefficient (Wildman–Crippen LogP) is 4.65. The van der Waals surface area contributed by atoms with Gasteiger partial charge in [-0.25, -0.2) is 14.5 Å². The fourth-order valence-corrected chi connectivity index (χ4v) is 2.80. The summed E-state index contributed by atoms with van der Waals surface area (Å²) in [7, 11) is 2.68. The molecule has 0 fully saturated rings. The molecule has 0 aliphatic carbocycles. The number of aromatic nitrogens is 4. The number of para-hydroxylation sites is 1. The third-order valence-corrected chi connectivity index (χ3v) is 4.42. The Kier molecular flexibility index (Phi) is 8.24. The highest BCUT2D eigenvalue weighted by atomic mass is 35.5. The van der Waals surface area contributed by atoms with E-state index in [4.69, 9.17) is 25.9 Å². The summed E-state index contributed by atoms with van der Waals surface area (Å²) in [5.41, 5.74) is 2.14. The van der Waals surface area contributed by atoms with Crippen LogP contribution in [0, 0.1) is 0 Å². The number of hydroxylamine groups is 1. The van der Waals surface area contributed by atoms with Crippen molar-refractivity contribution in [2.45, 2.75) is 6.61 Å². The number of imidazole rings is 1. The van der Waals surface area contributed by atoms with Gasteiger partial charge in [0, 0.05) is 35.2 Å². The molecule has 1 amide bonds. The van der Waals surface area contributed by atoms with E-state index in [1.54, 1.807) is 59.9 Å². The molecule has 0 aliphatic heterocycles. The summed E-state index contributed by atoms with van der Waals surface area (Å²) in [6.07, 6.45) is 6.25. The van der Waals surface area contributed by atoms with Crippen LogP contribution in [0.15, 0.2) is 79.5 Å². The fraction of sp³-hybridized carbons (Fsp3) is 0.136. The van der Waals surface area contributed by atoms with Crippen LogP contribution >= 0.6 is 11.6 Å². The van der Waals surface area contributed by atoms with Crippen LogP contribution in [-0.2, 0) is 16.2 Å². The maximum Gasteiger partial charge on any atom is 0.438 e. The second kappa shape index (κ2) is 11.5. The number of anilines is 1. The molecule has 0 aliphatic rings. The van der Waals surface area contributed by atoms with Gasteiger partial charge in [0.25, 0.3) is 0 Å². The van der Waals surface area contributed by atoms with E-state index in [1.165, 1.54) is 14.2 Å². The number of methoxy groups -OCH3 is 1. The maximum atomic E-state index is 11.9. The number of benzene rings is 2. The molecule has 0 radical (unpaired) electrons. The average Bonchev–Trinajstić information content (AvgIpc) is 3.55. The molecule has 9 nitrogen and oxygen atoms in total. The van der Waals surface area contributed by atoms with E-state index in [1.807, 2.05) is 24.3 Å². The second-order valence-corrected chi connectivity index (χ2v) is 6.64. The Labute approximate surface area is 190 Å². The van der Waals surface area contributed by atoms with Crippen LogP contribution in [0.4, 0.5) is 10.5 Å². The van der Waals surface area contributed by atoms with Gasteiger partial charge in [-0.05, 0) is 30.3 Å². The van der Waals surface area contributed by atoms with Crippen molar-refractivity contribution in [1.29, 1.82) is 0 Å². The highest BCUT2D eigenvalue weighted by Crippen LogP contribution is 2.23. The number of nitrogens with one attached hydrogen (secondary N) is 1. The quantitative estimate of drug-likeness (QED) is 0.425. The molecule has 0 atom stereocenters. The lowest BCUT2D eigenvalue weighted by Crippen LogP contribution is -2.30. The lowest BCUT2D eigenvalue weighted by Gasteiger charge is -2.20. The minimum absolute atomic E-state index is 0.199. The summed E-state index contributed by atoms with van der Waals surface area (Å²) in [5, 5.41) is 6.11. The van der Waals surface area contributed by atoms with E-state index in [0.717, 1.165) is 16.3 Å². The van der Waals surface area contributed by atoms with E-state index in [-0.39, 0.29) is 6.61 Å². The van der Waals surface area contributed by atoms with Crippen LogP contribution in [0.5, 0.6) is 5.88 Å². The van der Waals surface area contributed by atoms with Gasteiger partial charge in [0.15, 0.2) is 0 Å². The summed E-state index contributed by atoms with van der Waals surface area (Å²) in [4.78, 5) is 23.4. The van der Waals surface area contributed by atoms with Crippen LogP contribution in [-0.4, -0.2) is 40.1 Å². The summed E-state index contributed by atoms with van der Waals surface area (Å²) in [6, 6.07) is 16.3. The molecule has 0 spiro atoms. The number of ether oxygens (including phenoxy) is 2. The first-order valence-corrected chi connectivity index (χ1v) is 9.87. The molecule has 0 saturated heterocycles. The molecule has 2 heterocycles. The van der Waals surface area contributed by atoms with Crippen molar-refractivity contribution in [3.05, 3.63) is 90.1 Å². The number of hydrogen-bond donors (Lipinski definition) is 1. The van der Waals surface area contributed by atoms with Crippen molar-refractivity contribution in [3.63, 3.8) is 0 Å². The fourth-order valence-electron chi connectivity index (χ4n) is 2.67. The Bertz CT molecular complexity index is 1080. The van der Waals surface area contributed by atoms with E-state index in [0.29, 0.717) is 16.6 Å². The molecule has 1 N–H and O–H groups in total. The highest BCUT2D eigenvalue weighted by molar-refractivity contribution is 6.30. The number of carbonyl (C=O) groups excluding carboxylic acids is 1. The molecule has 4 rings (SSSR count). The molecule has 2 aromatic heterocycles. The molecule has 0 saturated carbocycles. The molecule has 0 bridgehead atoms. The van der Waals surface area contributed by atoms with E-state index in [9.17, 15) is 4.79 Å². The Morgan fingerprint density at radius 3 is 2.53 bits per heavy atom. The SMILES string of the molecule is COC(=O)N(OC)c1ccccc1COc1ccn(-c2ccc(Cl)cc2)n1.c1c[nH]cn1. The molecule has 4 aromatic rings. The van der Waals surface area contributed by atoms with Crippen LogP contribution in [0.1, 0.15) is 5.56 Å². The van der Waals surface area contributed by atoms with Gasteiger partial charge in [-0.2, -0.15) is 5.06 Å². The number of amides is 1. The van der Waals surface area contributed by atoms with Gasteiger partial charge in [0.05, 0.1) is 31.9 Å². The van der Waals surface area contributed by atoms with E-state index in [2.05, 4.69) is 15.1 Å². The Morgan fingerprint density at radius 1 is 1.12 bits per heavy atom. The first kappa shape index (κ1) is 22.9. The number of carbonyl (C=O) groups is 1. The van der Waals surface area contributed by atoms with Gasteiger partial charge in [0.2, 0.25) is 5.88 Å². The lowest BCUT2D eigenvalue weighted by atomic mass is 10.2. The minimum Gasteiger partial charge on any atom is -0.472 e. The standard InChI is InChI=1S/C19H18ClN3O4.C3H4N2/c1-25-19(24)23(26-2)17-6-4-3-5-14(17)13-27-18-11-12-22(21-18)16-9-7-15(20)8-10-16;1-2-5-3-4-1/h3-12H,13H2,1-2H3;1-3H,(H,4,5). The van der Waals surface area contributed by atoms with Crippen molar-refractivity contribution in [3.8, 4) is 11.6 Å². The van der Waals surface area contributed by atoms with Crippen LogP contribution in [0.2, 0.25) is 5.02 Å². The summed E-state index contributed by atoms with van der Waals surface area (Å²) < 4.78 is 12.2. The monoisotopic (exact) mass is 455 g/mol. The molecular formula is C22H22ClN5O4. The van der Waals surface area contributed by atoms with Crippen molar-refractivity contribution in [2.75, 3.05) is 19.3 Å². The third kappa shape index (κ3) is 6.10.